The molecule has 1 saturated heterocycles. The van der Waals surface area contributed by atoms with Crippen molar-refractivity contribution in [2.75, 3.05) is 19.7 Å². The first-order chi connectivity index (χ1) is 10.8. The van der Waals surface area contributed by atoms with Gasteiger partial charge in [-0.25, -0.2) is 13.1 Å². The average molecular weight is 361 g/mol. The van der Waals surface area contributed by atoms with Crippen LogP contribution in [0, 0.1) is 0 Å². The summed E-state index contributed by atoms with van der Waals surface area (Å²) < 4.78 is 32.2. The summed E-state index contributed by atoms with van der Waals surface area (Å²) in [5, 5.41) is 0.347. The van der Waals surface area contributed by atoms with Crippen molar-refractivity contribution in [3.8, 4) is 0 Å². The molecule has 2 unspecified atom stereocenters. The smallest absolute Gasteiger partial charge is 0.240 e. The van der Waals surface area contributed by atoms with Crippen molar-refractivity contribution in [2.24, 2.45) is 0 Å². The molecule has 0 bridgehead atoms. The fourth-order valence-corrected chi connectivity index (χ4v) is 3.74. The van der Waals surface area contributed by atoms with Gasteiger partial charge < -0.3 is 9.64 Å². The third-order valence-corrected chi connectivity index (χ3v) is 5.36. The normalized spacial score (nSPS) is 22.1. The van der Waals surface area contributed by atoms with E-state index in [-0.39, 0.29) is 35.9 Å². The topological polar surface area (TPSA) is 75.7 Å². The highest BCUT2D eigenvalue weighted by atomic mass is 35.5. The van der Waals surface area contributed by atoms with E-state index in [9.17, 15) is 13.2 Å². The largest absolute Gasteiger partial charge is 0.375 e. The fraction of sp³-hybridized carbons (Fsp3) is 0.533. The number of carbonyl (C=O) groups excluding carboxylic acids is 1. The minimum atomic E-state index is -3.66. The summed E-state index contributed by atoms with van der Waals surface area (Å²) in [5.41, 5.74) is 0. The Morgan fingerprint density at radius 3 is 2.87 bits per heavy atom. The number of sulfonamides is 1. The summed E-state index contributed by atoms with van der Waals surface area (Å²) in [7, 11) is -3.66. The number of nitrogens with one attached hydrogen (secondary N) is 1. The molecule has 1 aliphatic heterocycles. The zero-order valence-electron chi connectivity index (χ0n) is 13.2. The van der Waals surface area contributed by atoms with Gasteiger partial charge in [-0.05, 0) is 32.0 Å². The van der Waals surface area contributed by atoms with E-state index >= 15 is 0 Å². The lowest BCUT2D eigenvalue weighted by molar-refractivity contribution is -0.143. The van der Waals surface area contributed by atoms with Gasteiger partial charge in [0.1, 0.15) is 0 Å². The van der Waals surface area contributed by atoms with E-state index in [1.54, 1.807) is 17.0 Å². The van der Waals surface area contributed by atoms with Crippen molar-refractivity contribution in [1.29, 1.82) is 0 Å². The molecule has 8 heteroatoms. The molecule has 1 aliphatic rings. The van der Waals surface area contributed by atoms with Gasteiger partial charge in [0.25, 0.3) is 0 Å². The molecule has 0 saturated carbocycles. The van der Waals surface area contributed by atoms with E-state index in [1.165, 1.54) is 12.1 Å². The maximum Gasteiger partial charge on any atom is 0.240 e. The molecule has 2 rings (SSSR count). The van der Waals surface area contributed by atoms with Crippen LogP contribution in [0.15, 0.2) is 29.2 Å². The zero-order chi connectivity index (χ0) is 17.0. The van der Waals surface area contributed by atoms with E-state index in [2.05, 4.69) is 4.72 Å². The molecular formula is C15H21ClN2O4S. The minimum absolute atomic E-state index is 0.00157. The van der Waals surface area contributed by atoms with Gasteiger partial charge in [-0.15, -0.1) is 0 Å². The second kappa shape index (κ2) is 7.61. The summed E-state index contributed by atoms with van der Waals surface area (Å²) in [5.74, 6) is -0.0820. The van der Waals surface area contributed by atoms with Crippen LogP contribution in [0.4, 0.5) is 0 Å². The molecule has 1 aromatic rings. The van der Waals surface area contributed by atoms with Crippen molar-refractivity contribution in [3.05, 3.63) is 29.3 Å². The molecule has 2 atom stereocenters. The van der Waals surface area contributed by atoms with E-state index in [4.69, 9.17) is 16.3 Å². The number of benzene rings is 1. The highest BCUT2D eigenvalue weighted by molar-refractivity contribution is 7.89. The predicted octanol–water partition coefficient (Wildman–Crippen LogP) is 1.64. The third-order valence-electron chi connectivity index (χ3n) is 3.67. The maximum absolute atomic E-state index is 12.2. The van der Waals surface area contributed by atoms with Gasteiger partial charge in [-0.1, -0.05) is 17.7 Å². The minimum Gasteiger partial charge on any atom is -0.375 e. The Balaban J connectivity index is 1.90. The summed E-state index contributed by atoms with van der Waals surface area (Å²) in [6.07, 6.45) is 0.106. The number of ether oxygens (including phenoxy) is 1. The average Bonchev–Trinajstić information content (AvgIpc) is 2.49. The number of halogens is 1. The summed E-state index contributed by atoms with van der Waals surface area (Å²) in [6, 6.07) is 6.01. The van der Waals surface area contributed by atoms with E-state index in [1.807, 2.05) is 13.8 Å². The Morgan fingerprint density at radius 1 is 1.43 bits per heavy atom. The Bertz CT molecular complexity index is 665. The molecule has 1 amide bonds. The maximum atomic E-state index is 12.2. The van der Waals surface area contributed by atoms with Gasteiger partial charge in [0.15, 0.2) is 0 Å². The quantitative estimate of drug-likeness (QED) is 0.866. The molecule has 1 N–H and O–H groups in total. The van der Waals surface area contributed by atoms with Crippen LogP contribution < -0.4 is 4.72 Å². The molecule has 6 nitrogen and oxygen atoms in total. The van der Waals surface area contributed by atoms with Crippen molar-refractivity contribution >= 4 is 27.5 Å². The Hall–Kier alpha value is -1.15. The molecule has 0 spiro atoms. The summed E-state index contributed by atoms with van der Waals surface area (Å²) in [4.78, 5) is 14.1. The monoisotopic (exact) mass is 360 g/mol. The Morgan fingerprint density at radius 2 is 2.17 bits per heavy atom. The first-order valence-electron chi connectivity index (χ1n) is 7.46. The number of morpholine rings is 1. The molecule has 1 heterocycles. The molecule has 0 aromatic heterocycles. The summed E-state index contributed by atoms with van der Waals surface area (Å²) >= 11 is 5.80. The predicted molar refractivity (Wildman–Crippen MR) is 87.8 cm³/mol. The van der Waals surface area contributed by atoms with Crippen LogP contribution in [0.5, 0.6) is 0 Å². The highest BCUT2D eigenvalue weighted by Gasteiger charge is 2.27. The third kappa shape index (κ3) is 4.91. The molecular weight excluding hydrogens is 340 g/mol. The molecule has 1 aromatic carbocycles. The molecule has 1 fully saturated rings. The van der Waals surface area contributed by atoms with E-state index in [0.717, 1.165) is 0 Å². The zero-order valence-corrected chi connectivity index (χ0v) is 14.7. The van der Waals surface area contributed by atoms with Gasteiger partial charge in [0, 0.05) is 24.5 Å². The SMILES string of the molecule is CC1CN(C(=O)CCNS(=O)(=O)c2cccc(Cl)c2)C(C)CO1. The van der Waals surface area contributed by atoms with Crippen molar-refractivity contribution in [1.82, 2.24) is 9.62 Å². The lowest BCUT2D eigenvalue weighted by Gasteiger charge is -2.36. The van der Waals surface area contributed by atoms with Crippen LogP contribution in [0.25, 0.3) is 0 Å². The highest BCUT2D eigenvalue weighted by Crippen LogP contribution is 2.16. The molecule has 23 heavy (non-hydrogen) atoms. The Kier molecular flexibility index (Phi) is 6.02. The summed E-state index contributed by atoms with van der Waals surface area (Å²) in [6.45, 7) is 4.91. The second-order valence-corrected chi connectivity index (χ2v) is 7.85. The van der Waals surface area contributed by atoms with Crippen LogP contribution in [-0.2, 0) is 19.6 Å². The molecule has 0 radical (unpaired) electrons. The van der Waals surface area contributed by atoms with Crippen molar-refractivity contribution < 1.29 is 17.9 Å². The van der Waals surface area contributed by atoms with Crippen molar-refractivity contribution in [3.63, 3.8) is 0 Å². The number of amides is 1. The fourth-order valence-electron chi connectivity index (χ4n) is 2.40. The van der Waals surface area contributed by atoms with Gasteiger partial charge in [-0.2, -0.15) is 0 Å². The number of carbonyl (C=O) groups is 1. The van der Waals surface area contributed by atoms with Gasteiger partial charge in [0.05, 0.1) is 23.6 Å². The van der Waals surface area contributed by atoms with Crippen LogP contribution >= 0.6 is 11.6 Å². The van der Waals surface area contributed by atoms with E-state index in [0.29, 0.717) is 18.2 Å². The van der Waals surface area contributed by atoms with E-state index < -0.39 is 10.0 Å². The lowest BCUT2D eigenvalue weighted by atomic mass is 10.2. The molecule has 128 valence electrons. The lowest BCUT2D eigenvalue weighted by Crippen LogP contribution is -2.50. The Labute approximate surface area is 141 Å². The van der Waals surface area contributed by atoms with Gasteiger partial charge in [-0.3, -0.25) is 4.79 Å². The van der Waals surface area contributed by atoms with Crippen LogP contribution in [0.2, 0.25) is 5.02 Å². The first kappa shape index (κ1) is 18.2. The molecule has 0 aliphatic carbocycles. The first-order valence-corrected chi connectivity index (χ1v) is 9.32. The van der Waals surface area contributed by atoms with Gasteiger partial charge in [0.2, 0.25) is 15.9 Å². The van der Waals surface area contributed by atoms with Crippen molar-refractivity contribution in [2.45, 2.75) is 37.3 Å². The van der Waals surface area contributed by atoms with Crippen LogP contribution in [0.1, 0.15) is 20.3 Å². The number of hydrogen-bond acceptors (Lipinski definition) is 4. The number of nitrogens with zero attached hydrogens (tertiary/aromatic N) is 1. The number of rotatable bonds is 5. The van der Waals surface area contributed by atoms with Crippen LogP contribution in [0.3, 0.4) is 0 Å². The standard InChI is InChI=1S/C15H21ClN2O4S/c1-11-10-22-12(2)9-18(11)15(19)6-7-17-23(20,21)14-5-3-4-13(16)8-14/h3-5,8,11-12,17H,6-7,9-10H2,1-2H3. The second-order valence-electron chi connectivity index (χ2n) is 5.64. The van der Waals surface area contributed by atoms with Gasteiger partial charge >= 0.3 is 0 Å². The number of hydrogen-bond donors (Lipinski definition) is 1. The van der Waals surface area contributed by atoms with Crippen LogP contribution in [-0.4, -0.2) is 51.1 Å².